The number of carbonyl (C=O) groups is 1. The number of urea groups is 1. The summed E-state index contributed by atoms with van der Waals surface area (Å²) < 4.78 is 4.26. The molecular formula is C12H20N4OS. The second-order valence-corrected chi connectivity index (χ2v) is 5.45. The Balaban J connectivity index is 1.83. The predicted octanol–water partition coefficient (Wildman–Crippen LogP) is 1.83. The van der Waals surface area contributed by atoms with Crippen LogP contribution in [-0.2, 0) is 6.42 Å². The number of piperidine rings is 1. The van der Waals surface area contributed by atoms with Crippen molar-refractivity contribution in [3.63, 3.8) is 0 Å². The maximum atomic E-state index is 11.3. The van der Waals surface area contributed by atoms with Crippen LogP contribution in [0.5, 0.6) is 0 Å². The third-order valence-electron chi connectivity index (χ3n) is 3.09. The van der Waals surface area contributed by atoms with Gasteiger partial charge in [-0.25, -0.2) is 4.79 Å². The lowest BCUT2D eigenvalue weighted by Gasteiger charge is -2.21. The summed E-state index contributed by atoms with van der Waals surface area (Å²) in [5.41, 5.74) is 0. The van der Waals surface area contributed by atoms with Gasteiger partial charge in [-0.2, -0.15) is 4.37 Å². The van der Waals surface area contributed by atoms with Gasteiger partial charge >= 0.3 is 6.03 Å². The number of aromatic nitrogens is 1. The molecule has 2 rings (SSSR count). The predicted molar refractivity (Wildman–Crippen MR) is 74.1 cm³/mol. The van der Waals surface area contributed by atoms with Crippen molar-refractivity contribution >= 4 is 23.4 Å². The van der Waals surface area contributed by atoms with Crippen LogP contribution in [-0.4, -0.2) is 30.0 Å². The van der Waals surface area contributed by atoms with E-state index in [1.54, 1.807) is 0 Å². The number of rotatable bonds is 4. The van der Waals surface area contributed by atoms with Gasteiger partial charge in [-0.3, -0.25) is 5.32 Å². The van der Waals surface area contributed by atoms with Gasteiger partial charge in [0.2, 0.25) is 0 Å². The molecule has 2 amide bonds. The number of hydrogen-bond acceptors (Lipinski definition) is 4. The molecule has 5 nitrogen and oxygen atoms in total. The van der Waals surface area contributed by atoms with Gasteiger partial charge in [-0.1, -0.05) is 0 Å². The fraction of sp³-hybridized carbons (Fsp3) is 0.667. The molecule has 0 bridgehead atoms. The van der Waals surface area contributed by atoms with Crippen molar-refractivity contribution in [1.29, 1.82) is 0 Å². The fourth-order valence-electron chi connectivity index (χ4n) is 2.16. The number of carbonyl (C=O) groups excluding carboxylic acids is 1. The number of nitrogens with one attached hydrogen (secondary N) is 3. The van der Waals surface area contributed by atoms with E-state index in [4.69, 9.17) is 0 Å². The minimum atomic E-state index is -0.184. The van der Waals surface area contributed by atoms with Crippen LogP contribution >= 0.6 is 11.5 Å². The Hall–Kier alpha value is -1.14. The lowest BCUT2D eigenvalue weighted by Crippen LogP contribution is -2.28. The standard InChI is InChI=1S/C12H20N4OS/c1-2-14-12(17)15-11-8-10(18-16-11)7-9-3-5-13-6-4-9/h8-9,13H,2-7H2,1H3,(H2,14,15,16,17). The summed E-state index contributed by atoms with van der Waals surface area (Å²) in [6.07, 6.45) is 3.55. The third-order valence-corrected chi connectivity index (χ3v) is 3.89. The SMILES string of the molecule is CCNC(=O)Nc1cc(CC2CCNCC2)sn1. The minimum absolute atomic E-state index is 0.184. The molecule has 18 heavy (non-hydrogen) atoms. The first-order valence-electron chi connectivity index (χ1n) is 6.49. The molecule has 0 radical (unpaired) electrons. The summed E-state index contributed by atoms with van der Waals surface area (Å²) in [5.74, 6) is 1.42. The highest BCUT2D eigenvalue weighted by Gasteiger charge is 2.15. The third kappa shape index (κ3) is 3.96. The van der Waals surface area contributed by atoms with Crippen molar-refractivity contribution in [2.75, 3.05) is 25.0 Å². The second kappa shape index (κ2) is 6.70. The van der Waals surface area contributed by atoms with Crippen molar-refractivity contribution < 1.29 is 4.79 Å². The molecule has 0 aliphatic carbocycles. The van der Waals surface area contributed by atoms with Gasteiger partial charge in [0.1, 0.15) is 5.82 Å². The molecule has 2 heterocycles. The molecule has 1 aliphatic heterocycles. The van der Waals surface area contributed by atoms with Crippen LogP contribution in [0.3, 0.4) is 0 Å². The number of nitrogens with zero attached hydrogens (tertiary/aromatic N) is 1. The summed E-state index contributed by atoms with van der Waals surface area (Å²) in [7, 11) is 0. The molecule has 100 valence electrons. The molecule has 1 aliphatic rings. The van der Waals surface area contributed by atoms with Crippen LogP contribution in [0, 0.1) is 5.92 Å². The van der Waals surface area contributed by atoms with Crippen molar-refractivity contribution in [3.05, 3.63) is 10.9 Å². The van der Waals surface area contributed by atoms with Gasteiger partial charge in [-0.05, 0) is 62.8 Å². The normalized spacial score (nSPS) is 16.5. The second-order valence-electron chi connectivity index (χ2n) is 4.56. The zero-order valence-electron chi connectivity index (χ0n) is 10.7. The van der Waals surface area contributed by atoms with Crippen molar-refractivity contribution in [2.24, 2.45) is 5.92 Å². The van der Waals surface area contributed by atoms with E-state index in [1.807, 2.05) is 13.0 Å². The van der Waals surface area contributed by atoms with Crippen molar-refractivity contribution in [2.45, 2.75) is 26.2 Å². The lowest BCUT2D eigenvalue weighted by atomic mass is 9.94. The summed E-state index contributed by atoms with van der Waals surface area (Å²) in [6.45, 7) is 4.75. The maximum absolute atomic E-state index is 11.3. The van der Waals surface area contributed by atoms with E-state index in [1.165, 1.54) is 29.3 Å². The van der Waals surface area contributed by atoms with E-state index in [0.29, 0.717) is 12.4 Å². The van der Waals surface area contributed by atoms with Gasteiger partial charge in [0, 0.05) is 11.4 Å². The molecule has 0 aromatic carbocycles. The van der Waals surface area contributed by atoms with E-state index in [-0.39, 0.29) is 6.03 Å². The van der Waals surface area contributed by atoms with Crippen LogP contribution in [0.25, 0.3) is 0 Å². The lowest BCUT2D eigenvalue weighted by molar-refractivity contribution is 0.252. The monoisotopic (exact) mass is 268 g/mol. The Labute approximate surface area is 112 Å². The molecule has 1 fully saturated rings. The average Bonchev–Trinajstić information content (AvgIpc) is 2.78. The molecule has 0 saturated carbocycles. The van der Waals surface area contributed by atoms with Gasteiger partial charge in [0.05, 0.1) is 0 Å². The van der Waals surface area contributed by atoms with E-state index in [0.717, 1.165) is 25.4 Å². The molecule has 3 N–H and O–H groups in total. The summed E-state index contributed by atoms with van der Waals surface area (Å²) in [4.78, 5) is 12.6. The van der Waals surface area contributed by atoms with Crippen LogP contribution < -0.4 is 16.0 Å². The summed E-state index contributed by atoms with van der Waals surface area (Å²) in [5, 5.41) is 8.80. The molecular weight excluding hydrogens is 248 g/mol. The summed E-state index contributed by atoms with van der Waals surface area (Å²) >= 11 is 1.49. The molecule has 6 heteroatoms. The topological polar surface area (TPSA) is 66.1 Å². The number of hydrogen-bond donors (Lipinski definition) is 3. The van der Waals surface area contributed by atoms with Crippen LogP contribution in [0.4, 0.5) is 10.6 Å². The van der Waals surface area contributed by atoms with Gasteiger partial charge in [0.15, 0.2) is 0 Å². The quantitative estimate of drug-likeness (QED) is 0.780. The highest BCUT2D eigenvalue weighted by molar-refractivity contribution is 7.06. The van der Waals surface area contributed by atoms with Crippen molar-refractivity contribution in [1.82, 2.24) is 15.0 Å². The summed E-state index contributed by atoms with van der Waals surface area (Å²) in [6, 6.07) is 1.80. The zero-order chi connectivity index (χ0) is 12.8. The molecule has 0 unspecified atom stereocenters. The Morgan fingerprint density at radius 2 is 2.33 bits per heavy atom. The van der Waals surface area contributed by atoms with E-state index in [2.05, 4.69) is 20.3 Å². The maximum Gasteiger partial charge on any atom is 0.320 e. The zero-order valence-corrected chi connectivity index (χ0v) is 11.5. The smallest absolute Gasteiger partial charge is 0.320 e. The van der Waals surface area contributed by atoms with E-state index < -0.39 is 0 Å². The number of amides is 2. The largest absolute Gasteiger partial charge is 0.338 e. The van der Waals surface area contributed by atoms with Gasteiger partial charge < -0.3 is 10.6 Å². The first-order chi connectivity index (χ1) is 8.78. The molecule has 1 saturated heterocycles. The van der Waals surface area contributed by atoms with Gasteiger partial charge in [0.25, 0.3) is 0 Å². The first-order valence-corrected chi connectivity index (χ1v) is 7.26. The molecule has 0 spiro atoms. The van der Waals surface area contributed by atoms with E-state index in [9.17, 15) is 4.79 Å². The Morgan fingerprint density at radius 1 is 1.56 bits per heavy atom. The molecule has 1 aromatic heterocycles. The first kappa shape index (κ1) is 13.3. The fourth-order valence-corrected chi connectivity index (χ4v) is 2.95. The van der Waals surface area contributed by atoms with Gasteiger partial charge in [-0.15, -0.1) is 0 Å². The van der Waals surface area contributed by atoms with E-state index >= 15 is 0 Å². The molecule has 0 atom stereocenters. The minimum Gasteiger partial charge on any atom is -0.338 e. The van der Waals surface area contributed by atoms with Crippen molar-refractivity contribution in [3.8, 4) is 0 Å². The highest BCUT2D eigenvalue weighted by atomic mass is 32.1. The Kier molecular flexibility index (Phi) is 4.95. The van der Waals surface area contributed by atoms with Crippen LogP contribution in [0.1, 0.15) is 24.6 Å². The Morgan fingerprint density at radius 3 is 3.06 bits per heavy atom. The van der Waals surface area contributed by atoms with Crippen LogP contribution in [0.2, 0.25) is 0 Å². The number of anilines is 1. The van der Waals surface area contributed by atoms with Crippen LogP contribution in [0.15, 0.2) is 6.07 Å². The highest BCUT2D eigenvalue weighted by Crippen LogP contribution is 2.22. The Bertz CT molecular complexity index is 387. The average molecular weight is 268 g/mol. The molecule has 1 aromatic rings.